The highest BCUT2D eigenvalue weighted by Gasteiger charge is 2.39. The number of rotatable bonds is 4. The van der Waals surface area contributed by atoms with Crippen LogP contribution in [0.2, 0.25) is 0 Å². The highest BCUT2D eigenvalue weighted by molar-refractivity contribution is 6.06. The van der Waals surface area contributed by atoms with E-state index in [0.29, 0.717) is 28.4 Å². The molecule has 2 aromatic rings. The lowest BCUT2D eigenvalue weighted by atomic mass is 10.1. The van der Waals surface area contributed by atoms with E-state index in [1.165, 1.54) is 0 Å². The molecule has 2 amide bonds. The van der Waals surface area contributed by atoms with Crippen molar-refractivity contribution < 1.29 is 9.59 Å². The third-order valence-electron chi connectivity index (χ3n) is 4.13. The molecule has 0 aromatic heterocycles. The first kappa shape index (κ1) is 15.8. The van der Waals surface area contributed by atoms with E-state index >= 15 is 0 Å². The Labute approximate surface area is 140 Å². The molecule has 24 heavy (non-hydrogen) atoms. The molecule has 0 aliphatic heterocycles. The van der Waals surface area contributed by atoms with E-state index in [-0.39, 0.29) is 17.7 Å². The quantitative estimate of drug-likeness (QED) is 0.906. The summed E-state index contributed by atoms with van der Waals surface area (Å²) in [5.41, 5.74) is 1.88. The molecule has 0 unspecified atom stereocenters. The molecule has 0 heterocycles. The summed E-state index contributed by atoms with van der Waals surface area (Å²) in [5.74, 6) is 0.174. The first-order valence-corrected chi connectivity index (χ1v) is 7.80. The van der Waals surface area contributed by atoms with Gasteiger partial charge in [0.15, 0.2) is 0 Å². The van der Waals surface area contributed by atoms with E-state index in [1.54, 1.807) is 48.5 Å². The Kier molecular flexibility index (Phi) is 4.30. The first-order chi connectivity index (χ1) is 11.6. The Morgan fingerprint density at radius 1 is 1.12 bits per heavy atom. The van der Waals surface area contributed by atoms with Gasteiger partial charge in [-0.15, -0.1) is 0 Å². The minimum absolute atomic E-state index is 0.00474. The van der Waals surface area contributed by atoms with Crippen molar-refractivity contribution in [3.63, 3.8) is 0 Å². The maximum atomic E-state index is 12.4. The van der Waals surface area contributed by atoms with Crippen molar-refractivity contribution in [2.75, 3.05) is 10.6 Å². The molecule has 5 heteroatoms. The van der Waals surface area contributed by atoms with Gasteiger partial charge in [0, 0.05) is 17.2 Å². The van der Waals surface area contributed by atoms with Crippen LogP contribution in [0.15, 0.2) is 48.5 Å². The SMILES string of the molecule is C[C@H]1C[C@H]1C(=O)Nc1cccc(C(=O)Nc2ccccc2C#N)c1. The molecule has 1 aliphatic rings. The number of benzene rings is 2. The molecule has 2 atom stereocenters. The van der Waals surface area contributed by atoms with Crippen molar-refractivity contribution in [3.05, 3.63) is 59.7 Å². The molecule has 3 rings (SSSR count). The number of carbonyl (C=O) groups is 2. The zero-order chi connectivity index (χ0) is 17.1. The molecule has 5 nitrogen and oxygen atoms in total. The van der Waals surface area contributed by atoms with Gasteiger partial charge in [0.25, 0.3) is 5.91 Å². The molecule has 2 aromatic carbocycles. The fraction of sp³-hybridized carbons (Fsp3) is 0.211. The summed E-state index contributed by atoms with van der Waals surface area (Å²) >= 11 is 0. The van der Waals surface area contributed by atoms with E-state index in [0.717, 1.165) is 6.42 Å². The standard InChI is InChI=1S/C19H17N3O2/c1-12-9-16(12)19(24)21-15-7-4-6-13(10-15)18(23)22-17-8-3-2-5-14(17)11-20/h2-8,10,12,16H,9H2,1H3,(H,21,24)(H,22,23)/t12-,16+/m0/s1. The van der Waals surface area contributed by atoms with Crippen LogP contribution in [-0.2, 0) is 4.79 Å². The summed E-state index contributed by atoms with van der Waals surface area (Å²) in [6, 6.07) is 15.6. The summed E-state index contributed by atoms with van der Waals surface area (Å²) in [4.78, 5) is 24.4. The topological polar surface area (TPSA) is 82.0 Å². The number of anilines is 2. The average Bonchev–Trinajstić information content (AvgIpc) is 3.32. The van der Waals surface area contributed by atoms with Gasteiger partial charge in [-0.3, -0.25) is 9.59 Å². The second-order valence-corrected chi connectivity index (χ2v) is 6.00. The number of amides is 2. The van der Waals surface area contributed by atoms with Gasteiger partial charge in [-0.2, -0.15) is 5.26 Å². The van der Waals surface area contributed by atoms with Crippen LogP contribution in [0.25, 0.3) is 0 Å². The second kappa shape index (κ2) is 6.55. The monoisotopic (exact) mass is 319 g/mol. The number of carbonyl (C=O) groups excluding carboxylic acids is 2. The van der Waals surface area contributed by atoms with Crippen molar-refractivity contribution >= 4 is 23.2 Å². The average molecular weight is 319 g/mol. The number of nitriles is 1. The van der Waals surface area contributed by atoms with Crippen molar-refractivity contribution in [1.29, 1.82) is 5.26 Å². The predicted octanol–water partition coefficient (Wildman–Crippen LogP) is 3.41. The molecule has 0 radical (unpaired) electrons. The summed E-state index contributed by atoms with van der Waals surface area (Å²) in [6.45, 7) is 2.04. The van der Waals surface area contributed by atoms with E-state index < -0.39 is 0 Å². The van der Waals surface area contributed by atoms with Gasteiger partial charge < -0.3 is 10.6 Å². The molecule has 120 valence electrons. The van der Waals surface area contributed by atoms with Gasteiger partial charge >= 0.3 is 0 Å². The van der Waals surface area contributed by atoms with Crippen LogP contribution in [0.4, 0.5) is 11.4 Å². The fourth-order valence-electron chi connectivity index (χ4n) is 2.54. The van der Waals surface area contributed by atoms with Crippen molar-refractivity contribution in [2.45, 2.75) is 13.3 Å². The van der Waals surface area contributed by atoms with Crippen LogP contribution in [-0.4, -0.2) is 11.8 Å². The van der Waals surface area contributed by atoms with Crippen LogP contribution >= 0.6 is 0 Å². The minimum Gasteiger partial charge on any atom is -0.326 e. The Bertz CT molecular complexity index is 839. The molecule has 0 spiro atoms. The smallest absolute Gasteiger partial charge is 0.255 e. The van der Waals surface area contributed by atoms with Gasteiger partial charge in [-0.1, -0.05) is 25.1 Å². The maximum absolute atomic E-state index is 12.4. The van der Waals surface area contributed by atoms with E-state index in [1.807, 2.05) is 13.0 Å². The van der Waals surface area contributed by atoms with E-state index in [2.05, 4.69) is 10.6 Å². The Morgan fingerprint density at radius 3 is 2.58 bits per heavy atom. The van der Waals surface area contributed by atoms with E-state index in [9.17, 15) is 9.59 Å². The summed E-state index contributed by atoms with van der Waals surface area (Å²) in [6.07, 6.45) is 0.914. The summed E-state index contributed by atoms with van der Waals surface area (Å²) in [7, 11) is 0. The molecular formula is C19H17N3O2. The lowest BCUT2D eigenvalue weighted by molar-refractivity contribution is -0.117. The molecule has 1 saturated carbocycles. The second-order valence-electron chi connectivity index (χ2n) is 6.00. The molecule has 1 aliphatic carbocycles. The molecule has 1 fully saturated rings. The molecule has 0 bridgehead atoms. The normalized spacial score (nSPS) is 18.3. The number of hydrogen-bond donors (Lipinski definition) is 2. The lowest BCUT2D eigenvalue weighted by Gasteiger charge is -2.09. The Hall–Kier alpha value is -3.13. The highest BCUT2D eigenvalue weighted by Crippen LogP contribution is 2.38. The van der Waals surface area contributed by atoms with Crippen molar-refractivity contribution in [2.24, 2.45) is 11.8 Å². The largest absolute Gasteiger partial charge is 0.326 e. The van der Waals surface area contributed by atoms with Crippen LogP contribution in [0.1, 0.15) is 29.3 Å². The lowest BCUT2D eigenvalue weighted by Crippen LogP contribution is -2.16. The summed E-state index contributed by atoms with van der Waals surface area (Å²) in [5, 5.41) is 14.6. The van der Waals surface area contributed by atoms with E-state index in [4.69, 9.17) is 5.26 Å². The summed E-state index contributed by atoms with van der Waals surface area (Å²) < 4.78 is 0. The molecule has 0 saturated heterocycles. The number of hydrogen-bond acceptors (Lipinski definition) is 3. The zero-order valence-electron chi connectivity index (χ0n) is 13.2. The Balaban J connectivity index is 1.72. The van der Waals surface area contributed by atoms with Crippen LogP contribution in [0.3, 0.4) is 0 Å². The number of para-hydroxylation sites is 1. The van der Waals surface area contributed by atoms with Gasteiger partial charge in [0.1, 0.15) is 6.07 Å². The maximum Gasteiger partial charge on any atom is 0.255 e. The Morgan fingerprint density at radius 2 is 1.88 bits per heavy atom. The molecule has 2 N–H and O–H groups in total. The van der Waals surface area contributed by atoms with Crippen LogP contribution < -0.4 is 10.6 Å². The number of nitrogens with zero attached hydrogens (tertiary/aromatic N) is 1. The van der Waals surface area contributed by atoms with Gasteiger partial charge in [-0.25, -0.2) is 0 Å². The third-order valence-corrected chi connectivity index (χ3v) is 4.13. The van der Waals surface area contributed by atoms with Gasteiger partial charge in [0.05, 0.1) is 11.3 Å². The highest BCUT2D eigenvalue weighted by atomic mass is 16.2. The zero-order valence-corrected chi connectivity index (χ0v) is 13.2. The molecular weight excluding hydrogens is 302 g/mol. The van der Waals surface area contributed by atoms with Crippen molar-refractivity contribution in [3.8, 4) is 6.07 Å². The van der Waals surface area contributed by atoms with Crippen molar-refractivity contribution in [1.82, 2.24) is 0 Å². The third kappa shape index (κ3) is 3.44. The number of nitrogens with one attached hydrogen (secondary N) is 2. The van der Waals surface area contributed by atoms with Crippen LogP contribution in [0, 0.1) is 23.2 Å². The predicted molar refractivity (Wildman–Crippen MR) is 91.5 cm³/mol. The van der Waals surface area contributed by atoms with Crippen LogP contribution in [0.5, 0.6) is 0 Å². The fourth-order valence-corrected chi connectivity index (χ4v) is 2.54. The van der Waals surface area contributed by atoms with Gasteiger partial charge in [-0.05, 0) is 42.7 Å². The first-order valence-electron chi connectivity index (χ1n) is 7.80. The van der Waals surface area contributed by atoms with Gasteiger partial charge in [0.2, 0.25) is 5.91 Å². The minimum atomic E-state index is -0.325.